The molecule has 0 amide bonds. The van der Waals surface area contributed by atoms with Crippen LogP contribution in [0.25, 0.3) is 10.8 Å². The molecular formula is C27H28N2O3. The molecule has 164 valence electrons. The zero-order chi connectivity index (χ0) is 22.5. The van der Waals surface area contributed by atoms with Gasteiger partial charge in [0.2, 0.25) is 5.72 Å². The fourth-order valence-electron chi connectivity index (χ4n) is 5.34. The molecule has 5 nitrogen and oxygen atoms in total. The standard InChI is InChI=1S/C27H28N2O3/c1-5-24(30)31-15-14-29-22-12-10-18(2)16-21(22)26(3,4)27(29)17-28-25-20-9-7-6-8-19(20)11-13-23(25)32-27/h5-13,17,21H,1,14-16H2,2-4H3. The van der Waals surface area contributed by atoms with Gasteiger partial charge in [-0.15, -0.1) is 0 Å². The lowest BCUT2D eigenvalue weighted by Crippen LogP contribution is -2.59. The Labute approximate surface area is 188 Å². The first kappa shape index (κ1) is 20.6. The van der Waals surface area contributed by atoms with Crippen LogP contribution in [0.2, 0.25) is 0 Å². The van der Waals surface area contributed by atoms with Crippen LogP contribution in [0.5, 0.6) is 5.75 Å². The van der Waals surface area contributed by atoms with E-state index in [0.29, 0.717) is 6.54 Å². The minimum Gasteiger partial charge on any atom is -0.461 e. The van der Waals surface area contributed by atoms with Gasteiger partial charge in [0.05, 0.1) is 12.8 Å². The van der Waals surface area contributed by atoms with Crippen LogP contribution < -0.4 is 4.74 Å². The predicted octanol–water partition coefficient (Wildman–Crippen LogP) is 5.55. The lowest BCUT2D eigenvalue weighted by Gasteiger charge is -2.46. The number of nitrogens with zero attached hydrogens (tertiary/aromatic N) is 2. The number of carbonyl (C=O) groups is 1. The Balaban J connectivity index is 1.59. The van der Waals surface area contributed by atoms with E-state index in [4.69, 9.17) is 14.5 Å². The molecule has 1 aliphatic carbocycles. The summed E-state index contributed by atoms with van der Waals surface area (Å²) in [6.45, 7) is 10.9. The molecule has 5 rings (SSSR count). The second-order valence-electron chi connectivity index (χ2n) is 9.30. The van der Waals surface area contributed by atoms with Crippen LogP contribution in [0.1, 0.15) is 27.2 Å². The summed E-state index contributed by atoms with van der Waals surface area (Å²) in [5.74, 6) is 0.629. The van der Waals surface area contributed by atoms with Crippen LogP contribution in [0.15, 0.2) is 77.5 Å². The zero-order valence-electron chi connectivity index (χ0n) is 18.8. The molecule has 1 spiro atoms. The molecule has 2 atom stereocenters. The fourth-order valence-corrected chi connectivity index (χ4v) is 5.34. The summed E-state index contributed by atoms with van der Waals surface area (Å²) in [7, 11) is 0. The molecule has 2 aliphatic heterocycles. The van der Waals surface area contributed by atoms with Crippen molar-refractivity contribution >= 4 is 28.6 Å². The maximum Gasteiger partial charge on any atom is 0.330 e. The van der Waals surface area contributed by atoms with Gasteiger partial charge >= 0.3 is 5.97 Å². The van der Waals surface area contributed by atoms with Crippen LogP contribution >= 0.6 is 0 Å². The predicted molar refractivity (Wildman–Crippen MR) is 127 cm³/mol. The van der Waals surface area contributed by atoms with Gasteiger partial charge in [0.25, 0.3) is 0 Å². The van der Waals surface area contributed by atoms with Gasteiger partial charge < -0.3 is 14.4 Å². The molecular weight excluding hydrogens is 400 g/mol. The molecule has 1 saturated heterocycles. The Bertz CT molecular complexity index is 1210. The van der Waals surface area contributed by atoms with E-state index < -0.39 is 11.7 Å². The SMILES string of the molecule is C=CC(=O)OCCN1C2=CC=C(C)CC2C(C)(C)C12C=Nc1c(ccc3ccccc13)O2. The highest BCUT2D eigenvalue weighted by Gasteiger charge is 2.63. The molecule has 0 saturated carbocycles. The Morgan fingerprint density at radius 1 is 1.28 bits per heavy atom. The Morgan fingerprint density at radius 3 is 2.91 bits per heavy atom. The first-order valence-corrected chi connectivity index (χ1v) is 11.1. The van der Waals surface area contributed by atoms with Gasteiger partial charge in [0.1, 0.15) is 18.0 Å². The Kier molecular flexibility index (Phi) is 4.73. The van der Waals surface area contributed by atoms with Crippen molar-refractivity contribution in [2.75, 3.05) is 13.2 Å². The average molecular weight is 429 g/mol. The number of hydrogen-bond acceptors (Lipinski definition) is 5. The normalized spacial score (nSPS) is 25.0. The number of aliphatic imine (C=N–C) groups is 1. The molecule has 2 unspecified atom stereocenters. The number of likely N-dealkylation sites (tertiary alicyclic amines) is 1. The minimum atomic E-state index is -0.780. The van der Waals surface area contributed by atoms with Crippen molar-refractivity contribution in [1.29, 1.82) is 0 Å². The quantitative estimate of drug-likeness (QED) is 0.473. The van der Waals surface area contributed by atoms with Crippen molar-refractivity contribution in [3.05, 3.63) is 72.5 Å². The van der Waals surface area contributed by atoms with Crippen molar-refractivity contribution in [3.63, 3.8) is 0 Å². The van der Waals surface area contributed by atoms with E-state index >= 15 is 0 Å². The molecule has 1 fully saturated rings. The lowest BCUT2D eigenvalue weighted by atomic mass is 9.70. The average Bonchev–Trinajstić information content (AvgIpc) is 2.97. The summed E-state index contributed by atoms with van der Waals surface area (Å²) >= 11 is 0. The molecule has 2 heterocycles. The highest BCUT2D eigenvalue weighted by Crippen LogP contribution is 2.59. The third kappa shape index (κ3) is 2.91. The van der Waals surface area contributed by atoms with Crippen molar-refractivity contribution in [2.24, 2.45) is 16.3 Å². The topological polar surface area (TPSA) is 51.1 Å². The van der Waals surface area contributed by atoms with Gasteiger partial charge in [-0.3, -0.25) is 4.99 Å². The number of carbonyl (C=O) groups excluding carboxylic acids is 1. The second-order valence-corrected chi connectivity index (χ2v) is 9.30. The first-order chi connectivity index (χ1) is 15.4. The van der Waals surface area contributed by atoms with E-state index in [1.807, 2.05) is 24.4 Å². The molecule has 5 heteroatoms. The number of fused-ring (bicyclic) bond motifs is 4. The number of benzene rings is 2. The molecule has 2 aromatic rings. The number of ether oxygens (including phenoxy) is 2. The molecule has 2 aromatic carbocycles. The van der Waals surface area contributed by atoms with E-state index in [-0.39, 0.29) is 17.9 Å². The van der Waals surface area contributed by atoms with Crippen LogP contribution in [-0.4, -0.2) is 36.0 Å². The number of rotatable bonds is 4. The fraction of sp³-hybridized carbons (Fsp3) is 0.333. The monoisotopic (exact) mass is 428 g/mol. The van der Waals surface area contributed by atoms with E-state index in [1.165, 1.54) is 17.3 Å². The van der Waals surface area contributed by atoms with E-state index in [9.17, 15) is 4.79 Å². The summed E-state index contributed by atoms with van der Waals surface area (Å²) in [6.07, 6.45) is 8.48. The zero-order valence-corrected chi connectivity index (χ0v) is 18.8. The van der Waals surface area contributed by atoms with Crippen LogP contribution in [0.3, 0.4) is 0 Å². The number of esters is 1. The Morgan fingerprint density at radius 2 is 2.09 bits per heavy atom. The molecule has 0 radical (unpaired) electrons. The lowest BCUT2D eigenvalue weighted by molar-refractivity contribution is -0.139. The van der Waals surface area contributed by atoms with Crippen LogP contribution in [-0.2, 0) is 9.53 Å². The van der Waals surface area contributed by atoms with Gasteiger partial charge in [-0.05, 0) is 30.9 Å². The highest BCUT2D eigenvalue weighted by molar-refractivity contribution is 5.98. The maximum absolute atomic E-state index is 11.7. The molecule has 0 N–H and O–H groups in total. The van der Waals surface area contributed by atoms with Crippen LogP contribution in [0.4, 0.5) is 5.69 Å². The molecule has 3 aliphatic rings. The van der Waals surface area contributed by atoms with Crippen molar-refractivity contribution in [3.8, 4) is 5.75 Å². The highest BCUT2D eigenvalue weighted by atomic mass is 16.5. The third-order valence-electron chi connectivity index (χ3n) is 7.15. The maximum atomic E-state index is 11.7. The van der Waals surface area contributed by atoms with Crippen molar-refractivity contribution < 1.29 is 14.3 Å². The smallest absolute Gasteiger partial charge is 0.330 e. The van der Waals surface area contributed by atoms with Crippen molar-refractivity contribution in [1.82, 2.24) is 4.90 Å². The second kappa shape index (κ2) is 7.37. The molecule has 0 bridgehead atoms. The Hall–Kier alpha value is -3.34. The van der Waals surface area contributed by atoms with Crippen LogP contribution in [0, 0.1) is 11.3 Å². The minimum absolute atomic E-state index is 0.247. The first-order valence-electron chi connectivity index (χ1n) is 11.1. The van der Waals surface area contributed by atoms with Gasteiger partial charge in [-0.2, -0.15) is 0 Å². The summed E-state index contributed by atoms with van der Waals surface area (Å²) < 4.78 is 12.2. The summed E-state index contributed by atoms with van der Waals surface area (Å²) in [5.41, 5.74) is 2.37. The summed E-state index contributed by atoms with van der Waals surface area (Å²) in [5, 5.41) is 2.21. The number of allylic oxidation sites excluding steroid dienone is 4. The van der Waals surface area contributed by atoms with Gasteiger partial charge in [0, 0.05) is 28.5 Å². The van der Waals surface area contributed by atoms with E-state index in [0.717, 1.165) is 28.6 Å². The van der Waals surface area contributed by atoms with E-state index in [1.54, 1.807) is 0 Å². The van der Waals surface area contributed by atoms with Gasteiger partial charge in [-0.1, -0.05) is 62.4 Å². The van der Waals surface area contributed by atoms with Gasteiger partial charge in [-0.25, -0.2) is 4.79 Å². The number of hydrogen-bond donors (Lipinski definition) is 0. The molecule has 0 aromatic heterocycles. The largest absolute Gasteiger partial charge is 0.461 e. The molecule has 32 heavy (non-hydrogen) atoms. The van der Waals surface area contributed by atoms with Gasteiger partial charge in [0.15, 0.2) is 0 Å². The summed E-state index contributed by atoms with van der Waals surface area (Å²) in [4.78, 5) is 18.9. The van der Waals surface area contributed by atoms with E-state index in [2.05, 4.69) is 62.6 Å². The van der Waals surface area contributed by atoms with Crippen molar-refractivity contribution in [2.45, 2.75) is 32.9 Å². The third-order valence-corrected chi connectivity index (χ3v) is 7.15. The summed E-state index contributed by atoms with van der Waals surface area (Å²) in [6, 6.07) is 12.3.